The molecule has 1 aliphatic rings. The molecule has 1 heterocycles. The molecule has 0 amide bonds. The van der Waals surface area contributed by atoms with E-state index in [9.17, 15) is 9.50 Å². The number of hydrogen-bond donors (Lipinski definition) is 1. The zero-order valence-electron chi connectivity index (χ0n) is 15.5. The molecule has 0 spiro atoms. The fourth-order valence-corrected chi connectivity index (χ4v) is 3.95. The molecule has 4 heteroatoms. The summed E-state index contributed by atoms with van der Waals surface area (Å²) in [5.41, 5.74) is 2.30. The molecule has 1 fully saturated rings. The predicted octanol–water partition coefficient (Wildman–Crippen LogP) is 3.33. The van der Waals surface area contributed by atoms with Crippen molar-refractivity contribution in [2.75, 3.05) is 26.7 Å². The van der Waals surface area contributed by atoms with E-state index >= 15 is 0 Å². The second-order valence-corrected chi connectivity index (χ2v) is 7.46. The molecule has 0 aromatic heterocycles. The molecule has 2 unspecified atom stereocenters. The van der Waals surface area contributed by atoms with Gasteiger partial charge in [0.05, 0.1) is 6.10 Å². The highest BCUT2D eigenvalue weighted by atomic mass is 19.1. The molecule has 2 aromatic carbocycles. The molecule has 3 rings (SSSR count). The molecule has 0 bridgehead atoms. The summed E-state index contributed by atoms with van der Waals surface area (Å²) in [7, 11) is 2.05. The van der Waals surface area contributed by atoms with Crippen LogP contribution in [0.1, 0.15) is 24.0 Å². The monoisotopic (exact) mass is 356 g/mol. The summed E-state index contributed by atoms with van der Waals surface area (Å²) < 4.78 is 13.4. The summed E-state index contributed by atoms with van der Waals surface area (Å²) in [6, 6.07) is 17.6. The smallest absolute Gasteiger partial charge is 0.123 e. The van der Waals surface area contributed by atoms with Crippen molar-refractivity contribution in [3.63, 3.8) is 0 Å². The summed E-state index contributed by atoms with van der Waals surface area (Å²) in [6.45, 7) is 3.18. The minimum Gasteiger partial charge on any atom is -0.390 e. The second-order valence-electron chi connectivity index (χ2n) is 7.46. The zero-order chi connectivity index (χ0) is 18.4. The Kier molecular flexibility index (Phi) is 6.78. The van der Waals surface area contributed by atoms with Gasteiger partial charge < -0.3 is 5.11 Å². The Morgan fingerprint density at radius 1 is 1.15 bits per heavy atom. The van der Waals surface area contributed by atoms with Gasteiger partial charge in [-0.3, -0.25) is 9.80 Å². The highest BCUT2D eigenvalue weighted by molar-refractivity contribution is 5.18. The average Bonchev–Trinajstić information content (AvgIpc) is 3.02. The number of β-amino-alcohol motifs (C(OH)–C–C–N with tert-alkyl or cyclic N) is 1. The van der Waals surface area contributed by atoms with Crippen LogP contribution in [-0.4, -0.2) is 53.7 Å². The van der Waals surface area contributed by atoms with Crippen LogP contribution in [0.15, 0.2) is 54.6 Å². The van der Waals surface area contributed by atoms with Gasteiger partial charge >= 0.3 is 0 Å². The normalized spacial score (nSPS) is 19.2. The molecule has 0 aliphatic carbocycles. The number of aliphatic hydroxyl groups excluding tert-OH is 1. The highest BCUT2D eigenvalue weighted by Gasteiger charge is 2.26. The van der Waals surface area contributed by atoms with Gasteiger partial charge in [-0.2, -0.15) is 0 Å². The minimum atomic E-state index is -0.378. The van der Waals surface area contributed by atoms with Crippen LogP contribution >= 0.6 is 0 Å². The molecule has 3 nitrogen and oxygen atoms in total. The molecule has 2 atom stereocenters. The number of nitrogens with zero attached hydrogens (tertiary/aromatic N) is 2. The number of benzene rings is 2. The quantitative estimate of drug-likeness (QED) is 0.786. The van der Waals surface area contributed by atoms with Crippen molar-refractivity contribution >= 4 is 0 Å². The number of rotatable bonds is 8. The molecule has 140 valence electrons. The predicted molar refractivity (Wildman–Crippen MR) is 103 cm³/mol. The molecule has 1 aliphatic heterocycles. The molecule has 1 saturated heterocycles. The lowest BCUT2D eigenvalue weighted by Crippen LogP contribution is -2.41. The van der Waals surface area contributed by atoms with Crippen LogP contribution in [0.3, 0.4) is 0 Å². The van der Waals surface area contributed by atoms with Gasteiger partial charge in [0.15, 0.2) is 0 Å². The fourth-order valence-electron chi connectivity index (χ4n) is 3.95. The van der Waals surface area contributed by atoms with E-state index < -0.39 is 0 Å². The lowest BCUT2D eigenvalue weighted by atomic mass is 10.0. The maximum absolute atomic E-state index is 13.4. The van der Waals surface area contributed by atoms with Crippen molar-refractivity contribution in [3.8, 4) is 0 Å². The van der Waals surface area contributed by atoms with E-state index in [1.54, 1.807) is 12.1 Å². The summed E-state index contributed by atoms with van der Waals surface area (Å²) in [5, 5.41) is 10.5. The Bertz CT molecular complexity index is 679. The Hall–Kier alpha value is -1.75. The van der Waals surface area contributed by atoms with Crippen molar-refractivity contribution < 1.29 is 9.50 Å². The van der Waals surface area contributed by atoms with Gasteiger partial charge in [0, 0.05) is 25.7 Å². The first-order valence-electron chi connectivity index (χ1n) is 9.49. The topological polar surface area (TPSA) is 26.7 Å². The van der Waals surface area contributed by atoms with Crippen LogP contribution in [-0.2, 0) is 13.0 Å². The Balaban J connectivity index is 1.48. The Morgan fingerprint density at radius 3 is 2.69 bits per heavy atom. The first-order chi connectivity index (χ1) is 12.6. The van der Waals surface area contributed by atoms with Gasteiger partial charge in [-0.05, 0) is 56.1 Å². The van der Waals surface area contributed by atoms with Crippen LogP contribution in [0.2, 0.25) is 0 Å². The third-order valence-electron chi connectivity index (χ3n) is 5.12. The van der Waals surface area contributed by atoms with Crippen molar-refractivity contribution in [1.29, 1.82) is 0 Å². The molecule has 0 saturated carbocycles. The largest absolute Gasteiger partial charge is 0.390 e. The Morgan fingerprint density at radius 2 is 1.92 bits per heavy atom. The summed E-state index contributed by atoms with van der Waals surface area (Å²) in [5.74, 6) is -0.172. The van der Waals surface area contributed by atoms with Crippen LogP contribution < -0.4 is 0 Å². The van der Waals surface area contributed by atoms with Crippen LogP contribution in [0.25, 0.3) is 0 Å². The summed E-state index contributed by atoms with van der Waals surface area (Å²) >= 11 is 0. The lowest BCUT2D eigenvalue weighted by Gasteiger charge is -2.29. The number of likely N-dealkylation sites (tertiary alicyclic amines) is 1. The molecule has 0 radical (unpaired) electrons. The molecule has 26 heavy (non-hydrogen) atoms. The summed E-state index contributed by atoms with van der Waals surface area (Å²) in [6.07, 6.45) is 2.73. The Labute approximate surface area is 156 Å². The maximum atomic E-state index is 13.4. The van der Waals surface area contributed by atoms with Crippen molar-refractivity contribution in [3.05, 3.63) is 71.5 Å². The van der Waals surface area contributed by atoms with Crippen molar-refractivity contribution in [2.24, 2.45) is 0 Å². The van der Waals surface area contributed by atoms with Gasteiger partial charge in [0.25, 0.3) is 0 Å². The number of likely N-dealkylation sites (N-methyl/N-ethyl adjacent to an activating group) is 1. The van der Waals surface area contributed by atoms with E-state index in [-0.39, 0.29) is 11.9 Å². The van der Waals surface area contributed by atoms with Gasteiger partial charge in [-0.25, -0.2) is 4.39 Å². The third kappa shape index (κ3) is 5.63. The third-order valence-corrected chi connectivity index (χ3v) is 5.12. The first kappa shape index (κ1) is 19.0. The maximum Gasteiger partial charge on any atom is 0.123 e. The van der Waals surface area contributed by atoms with Gasteiger partial charge in [-0.15, -0.1) is 0 Å². The van der Waals surface area contributed by atoms with E-state index in [0.29, 0.717) is 19.1 Å². The van der Waals surface area contributed by atoms with E-state index in [0.717, 1.165) is 37.9 Å². The minimum absolute atomic E-state index is 0.172. The molecule has 2 aromatic rings. The van der Waals surface area contributed by atoms with Gasteiger partial charge in [-0.1, -0.05) is 42.5 Å². The zero-order valence-corrected chi connectivity index (χ0v) is 15.5. The van der Waals surface area contributed by atoms with Crippen LogP contribution in [0, 0.1) is 5.82 Å². The second kappa shape index (κ2) is 9.26. The molecular weight excluding hydrogens is 327 g/mol. The lowest BCUT2D eigenvalue weighted by molar-refractivity contribution is 0.0751. The van der Waals surface area contributed by atoms with Crippen LogP contribution in [0.5, 0.6) is 0 Å². The summed E-state index contributed by atoms with van der Waals surface area (Å²) in [4.78, 5) is 4.53. The molecular formula is C22H29FN2O. The number of hydrogen-bond acceptors (Lipinski definition) is 3. The van der Waals surface area contributed by atoms with E-state index in [1.807, 2.05) is 31.3 Å². The van der Waals surface area contributed by atoms with E-state index in [2.05, 4.69) is 21.9 Å². The molecule has 1 N–H and O–H groups in total. The van der Waals surface area contributed by atoms with E-state index in [4.69, 9.17) is 0 Å². The van der Waals surface area contributed by atoms with Crippen LogP contribution in [0.4, 0.5) is 4.39 Å². The highest BCUT2D eigenvalue weighted by Crippen LogP contribution is 2.22. The van der Waals surface area contributed by atoms with E-state index in [1.165, 1.54) is 11.6 Å². The van der Waals surface area contributed by atoms with Gasteiger partial charge in [0.1, 0.15) is 5.82 Å². The van der Waals surface area contributed by atoms with Crippen molar-refractivity contribution in [1.82, 2.24) is 9.80 Å². The standard InChI is InChI=1S/C22H29FN2O/c1-24(15-18-7-3-2-4-8-18)16-22(26)17-25-12-6-11-21(25)14-19-9-5-10-20(23)13-19/h2-5,7-10,13,21-22,26H,6,11-12,14-17H2,1H3. The van der Waals surface area contributed by atoms with Crippen molar-refractivity contribution in [2.45, 2.75) is 38.0 Å². The fraction of sp³-hybridized carbons (Fsp3) is 0.455. The average molecular weight is 356 g/mol. The first-order valence-corrected chi connectivity index (χ1v) is 9.49. The number of aliphatic hydroxyl groups is 1. The van der Waals surface area contributed by atoms with Gasteiger partial charge in [0.2, 0.25) is 0 Å². The SMILES string of the molecule is CN(Cc1ccccc1)CC(O)CN1CCCC1Cc1cccc(F)c1. The number of halogens is 1.